The number of carbonyl (C=O) groups is 1. The number of aliphatic hydroxyl groups excluding tert-OH is 1. The molecule has 0 amide bonds. The lowest BCUT2D eigenvalue weighted by Crippen LogP contribution is -2.36. The van der Waals surface area contributed by atoms with Gasteiger partial charge in [0, 0.05) is 12.5 Å². The van der Waals surface area contributed by atoms with Crippen LogP contribution in [0, 0.1) is 11.8 Å². The Hall–Kier alpha value is -0.650. The summed E-state index contributed by atoms with van der Waals surface area (Å²) in [6.07, 6.45) is 0.191. The molecule has 0 bridgehead atoms. The number of hydrogen-bond donors (Lipinski definition) is 1. The molecule has 1 heterocycles. The molecule has 2 aliphatic rings. The average Bonchev–Trinajstić information content (AvgIpc) is 2.66. The summed E-state index contributed by atoms with van der Waals surface area (Å²) in [4.78, 5) is 12.2. The van der Waals surface area contributed by atoms with Gasteiger partial charge in [-0.25, -0.2) is 0 Å². The molecule has 2 fully saturated rings. The molecule has 1 aliphatic heterocycles. The van der Waals surface area contributed by atoms with Crippen molar-refractivity contribution in [1.29, 1.82) is 0 Å². The lowest BCUT2D eigenvalue weighted by Gasteiger charge is -2.27. The van der Waals surface area contributed by atoms with Gasteiger partial charge in [0.1, 0.15) is 5.60 Å². The molecule has 0 aromatic carbocycles. The van der Waals surface area contributed by atoms with Gasteiger partial charge in [0.15, 0.2) is 5.79 Å². The maximum atomic E-state index is 12.2. The van der Waals surface area contributed by atoms with Crippen LogP contribution in [0.1, 0.15) is 41.0 Å². The van der Waals surface area contributed by atoms with Gasteiger partial charge in [-0.05, 0) is 41.0 Å². The zero-order valence-corrected chi connectivity index (χ0v) is 12.3. The Kier molecular flexibility index (Phi) is 3.66. The van der Waals surface area contributed by atoms with Crippen molar-refractivity contribution in [2.75, 3.05) is 6.61 Å². The third-order valence-electron chi connectivity index (χ3n) is 3.57. The largest absolute Gasteiger partial charge is 0.460 e. The minimum Gasteiger partial charge on any atom is -0.460 e. The van der Waals surface area contributed by atoms with Crippen LogP contribution in [-0.4, -0.2) is 41.3 Å². The van der Waals surface area contributed by atoms with Crippen molar-refractivity contribution in [3.63, 3.8) is 0 Å². The number of fused-ring (bicyclic) bond motifs is 1. The SMILES string of the molecule is CC(C)(C)OC(=O)C1C[C@@H]2OC(C)(C)O[C@@H]2[C@H]1CO. The zero-order valence-electron chi connectivity index (χ0n) is 12.3. The fourth-order valence-corrected chi connectivity index (χ4v) is 2.94. The first-order valence-corrected chi connectivity index (χ1v) is 6.82. The Morgan fingerprint density at radius 1 is 1.37 bits per heavy atom. The second-order valence-electron chi connectivity index (χ2n) is 6.86. The van der Waals surface area contributed by atoms with E-state index in [2.05, 4.69) is 0 Å². The van der Waals surface area contributed by atoms with Gasteiger partial charge in [-0.2, -0.15) is 0 Å². The minimum atomic E-state index is -0.637. The zero-order chi connectivity index (χ0) is 14.4. The number of carbonyl (C=O) groups excluding carboxylic acids is 1. The summed E-state index contributed by atoms with van der Waals surface area (Å²) in [7, 11) is 0. The van der Waals surface area contributed by atoms with E-state index < -0.39 is 11.4 Å². The van der Waals surface area contributed by atoms with Crippen molar-refractivity contribution >= 4 is 5.97 Å². The third kappa shape index (κ3) is 3.09. The van der Waals surface area contributed by atoms with Gasteiger partial charge in [0.25, 0.3) is 0 Å². The van der Waals surface area contributed by atoms with Gasteiger partial charge < -0.3 is 19.3 Å². The first kappa shape index (κ1) is 14.8. The van der Waals surface area contributed by atoms with Crippen LogP contribution in [0.3, 0.4) is 0 Å². The lowest BCUT2D eigenvalue weighted by atomic mass is 9.95. The van der Waals surface area contributed by atoms with Crippen molar-refractivity contribution in [3.05, 3.63) is 0 Å². The Labute approximate surface area is 114 Å². The summed E-state index contributed by atoms with van der Waals surface area (Å²) in [6.45, 7) is 9.12. The maximum absolute atomic E-state index is 12.2. The number of aliphatic hydroxyl groups is 1. The predicted octanol–water partition coefficient (Wildman–Crippen LogP) is 1.48. The second-order valence-corrected chi connectivity index (χ2v) is 6.86. The van der Waals surface area contributed by atoms with Crippen molar-refractivity contribution in [3.8, 4) is 0 Å². The van der Waals surface area contributed by atoms with Gasteiger partial charge in [-0.1, -0.05) is 0 Å². The van der Waals surface area contributed by atoms with Crippen LogP contribution in [0.4, 0.5) is 0 Å². The molecule has 1 saturated heterocycles. The van der Waals surface area contributed by atoms with E-state index in [0.29, 0.717) is 6.42 Å². The highest BCUT2D eigenvalue weighted by Crippen LogP contribution is 2.45. The molecule has 110 valence electrons. The van der Waals surface area contributed by atoms with E-state index in [4.69, 9.17) is 14.2 Å². The molecule has 1 unspecified atom stereocenters. The van der Waals surface area contributed by atoms with E-state index in [1.807, 2.05) is 34.6 Å². The Morgan fingerprint density at radius 3 is 2.53 bits per heavy atom. The first-order valence-electron chi connectivity index (χ1n) is 6.82. The standard InChI is InChI=1S/C14H24O5/c1-13(2,3)19-12(16)8-6-10-11(9(8)7-15)18-14(4,5)17-10/h8-11,15H,6-7H2,1-5H3/t8?,9-,10-,11+/m0/s1. The molecule has 5 nitrogen and oxygen atoms in total. The van der Waals surface area contributed by atoms with Crippen LogP contribution in [0.25, 0.3) is 0 Å². The molecule has 1 saturated carbocycles. The summed E-state index contributed by atoms with van der Waals surface area (Å²) >= 11 is 0. The summed E-state index contributed by atoms with van der Waals surface area (Å²) in [5, 5.41) is 9.56. The molecule has 5 heteroatoms. The molecule has 0 aromatic heterocycles. The van der Waals surface area contributed by atoms with Gasteiger partial charge in [0.05, 0.1) is 18.1 Å². The average molecular weight is 272 g/mol. The molecular formula is C14H24O5. The highest BCUT2D eigenvalue weighted by Gasteiger charge is 2.55. The summed E-state index contributed by atoms with van der Waals surface area (Å²) in [5.41, 5.74) is -0.518. The quantitative estimate of drug-likeness (QED) is 0.771. The topological polar surface area (TPSA) is 65.0 Å². The van der Waals surface area contributed by atoms with Gasteiger partial charge >= 0.3 is 5.97 Å². The maximum Gasteiger partial charge on any atom is 0.310 e. The molecule has 19 heavy (non-hydrogen) atoms. The molecule has 4 atom stereocenters. The molecular weight excluding hydrogens is 248 g/mol. The third-order valence-corrected chi connectivity index (χ3v) is 3.57. The molecule has 1 aliphatic carbocycles. The smallest absolute Gasteiger partial charge is 0.310 e. The summed E-state index contributed by atoms with van der Waals surface area (Å²) < 4.78 is 17.0. The van der Waals surface area contributed by atoms with E-state index in [-0.39, 0.29) is 36.6 Å². The highest BCUT2D eigenvalue weighted by molar-refractivity contribution is 5.74. The van der Waals surface area contributed by atoms with Crippen LogP contribution in [-0.2, 0) is 19.0 Å². The monoisotopic (exact) mass is 272 g/mol. The van der Waals surface area contributed by atoms with E-state index in [1.165, 1.54) is 0 Å². The van der Waals surface area contributed by atoms with E-state index in [1.54, 1.807) is 0 Å². The lowest BCUT2D eigenvalue weighted by molar-refractivity contribution is -0.177. The number of rotatable bonds is 2. The van der Waals surface area contributed by atoms with Gasteiger partial charge in [-0.15, -0.1) is 0 Å². The van der Waals surface area contributed by atoms with E-state index >= 15 is 0 Å². The van der Waals surface area contributed by atoms with Crippen molar-refractivity contribution in [2.45, 2.75) is 64.6 Å². The fraction of sp³-hybridized carbons (Fsp3) is 0.929. The molecule has 1 N–H and O–H groups in total. The normalized spacial score (nSPS) is 37.2. The molecule has 0 spiro atoms. The Bertz CT molecular complexity index is 357. The molecule has 2 rings (SSSR count). The first-order chi connectivity index (χ1) is 8.63. The highest BCUT2D eigenvalue weighted by atomic mass is 16.8. The second kappa shape index (κ2) is 4.72. The molecule has 0 radical (unpaired) electrons. The van der Waals surface area contributed by atoms with Gasteiger partial charge in [-0.3, -0.25) is 4.79 Å². The van der Waals surface area contributed by atoms with Crippen molar-refractivity contribution < 1.29 is 24.1 Å². The van der Waals surface area contributed by atoms with Crippen LogP contribution in [0.2, 0.25) is 0 Å². The summed E-state index contributed by atoms with van der Waals surface area (Å²) in [6, 6.07) is 0. The van der Waals surface area contributed by atoms with Crippen molar-refractivity contribution in [2.24, 2.45) is 11.8 Å². The Balaban J connectivity index is 2.07. The summed E-state index contributed by atoms with van der Waals surface area (Å²) in [5.74, 6) is -1.51. The van der Waals surface area contributed by atoms with Crippen molar-refractivity contribution in [1.82, 2.24) is 0 Å². The molecule has 0 aromatic rings. The van der Waals surface area contributed by atoms with E-state index in [9.17, 15) is 9.90 Å². The van der Waals surface area contributed by atoms with Crippen LogP contribution in [0.5, 0.6) is 0 Å². The van der Waals surface area contributed by atoms with Crippen LogP contribution < -0.4 is 0 Å². The number of esters is 1. The predicted molar refractivity (Wildman–Crippen MR) is 68.4 cm³/mol. The van der Waals surface area contributed by atoms with E-state index in [0.717, 1.165) is 0 Å². The fourth-order valence-electron chi connectivity index (χ4n) is 2.94. The van der Waals surface area contributed by atoms with Crippen LogP contribution in [0.15, 0.2) is 0 Å². The number of hydrogen-bond acceptors (Lipinski definition) is 5. The van der Waals surface area contributed by atoms with Crippen LogP contribution >= 0.6 is 0 Å². The Morgan fingerprint density at radius 2 is 2.00 bits per heavy atom. The van der Waals surface area contributed by atoms with Gasteiger partial charge in [0.2, 0.25) is 0 Å². The number of ether oxygens (including phenoxy) is 3. The minimum absolute atomic E-state index is 0.0927.